The molecule has 120 valence electrons. The summed E-state index contributed by atoms with van der Waals surface area (Å²) in [6.45, 7) is 4.50. The van der Waals surface area contributed by atoms with E-state index in [0.29, 0.717) is 0 Å². The average Bonchev–Trinajstić information content (AvgIpc) is 2.47. The Morgan fingerprint density at radius 1 is 0.450 bits per heavy atom. The van der Waals surface area contributed by atoms with Crippen LogP contribution in [0.4, 0.5) is 0 Å². The van der Waals surface area contributed by atoms with Crippen LogP contribution < -0.4 is 0 Å². The normalized spacial score (nSPS) is 11.5. The number of unbranched alkanes of at least 4 members (excludes halogenated alkanes) is 14. The fraction of sp³-hybridized carbons (Fsp3) is 0.900. The van der Waals surface area contributed by atoms with E-state index in [2.05, 4.69) is 26.0 Å². The predicted molar refractivity (Wildman–Crippen MR) is 94.4 cm³/mol. The summed E-state index contributed by atoms with van der Waals surface area (Å²) >= 11 is 0. The van der Waals surface area contributed by atoms with Crippen LogP contribution in [0.25, 0.3) is 0 Å². The third kappa shape index (κ3) is 17.7. The van der Waals surface area contributed by atoms with Crippen molar-refractivity contribution in [2.45, 2.75) is 117 Å². The molecule has 0 spiro atoms. The van der Waals surface area contributed by atoms with Crippen LogP contribution in [0, 0.1) is 0 Å². The maximum atomic E-state index is 2.35. The van der Waals surface area contributed by atoms with Crippen LogP contribution >= 0.6 is 0 Å². The van der Waals surface area contributed by atoms with Gasteiger partial charge in [0, 0.05) is 0 Å². The van der Waals surface area contributed by atoms with Crippen molar-refractivity contribution >= 4 is 0 Å². The van der Waals surface area contributed by atoms with Gasteiger partial charge in [0.15, 0.2) is 0 Å². The molecule has 20 heavy (non-hydrogen) atoms. The molecule has 0 aromatic heterocycles. The second kappa shape index (κ2) is 18.7. The summed E-state index contributed by atoms with van der Waals surface area (Å²) < 4.78 is 0. The van der Waals surface area contributed by atoms with Crippen molar-refractivity contribution in [1.82, 2.24) is 0 Å². The molecule has 0 rings (SSSR count). The Kier molecular flexibility index (Phi) is 18.5. The van der Waals surface area contributed by atoms with E-state index < -0.39 is 0 Å². The van der Waals surface area contributed by atoms with Gasteiger partial charge in [-0.3, -0.25) is 0 Å². The molecule has 0 aromatic rings. The maximum Gasteiger partial charge on any atom is -0.0351 e. The highest BCUT2D eigenvalue weighted by Gasteiger charge is 1.93. The summed E-state index contributed by atoms with van der Waals surface area (Å²) in [5.74, 6) is 0. The van der Waals surface area contributed by atoms with Gasteiger partial charge in [0.1, 0.15) is 0 Å². The van der Waals surface area contributed by atoms with E-state index in [0.717, 1.165) is 0 Å². The minimum Gasteiger partial charge on any atom is -0.0888 e. The van der Waals surface area contributed by atoms with Crippen LogP contribution in [0.1, 0.15) is 117 Å². The van der Waals surface area contributed by atoms with Crippen LogP contribution in [-0.4, -0.2) is 0 Å². The van der Waals surface area contributed by atoms with Crippen molar-refractivity contribution < 1.29 is 0 Å². The fourth-order valence-corrected chi connectivity index (χ4v) is 2.74. The summed E-state index contributed by atoms with van der Waals surface area (Å²) in [6, 6.07) is 0. The first kappa shape index (κ1) is 19.7. The van der Waals surface area contributed by atoms with Crippen LogP contribution in [-0.2, 0) is 0 Å². The third-order valence-electron chi connectivity index (χ3n) is 4.13. The second-order valence-electron chi connectivity index (χ2n) is 6.26. The lowest BCUT2D eigenvalue weighted by molar-refractivity contribution is 0.536. The van der Waals surface area contributed by atoms with Gasteiger partial charge >= 0.3 is 0 Å². The molecule has 0 heterocycles. The first-order valence-electron chi connectivity index (χ1n) is 9.56. The Hall–Kier alpha value is -0.260. The minimum absolute atomic E-state index is 1.19. The molecule has 0 bridgehead atoms. The highest BCUT2D eigenvalue weighted by Crippen LogP contribution is 2.13. The summed E-state index contributed by atoms with van der Waals surface area (Å²) in [4.78, 5) is 0. The predicted octanol–water partition coefficient (Wildman–Crippen LogP) is 7.82. The molecule has 0 aliphatic heterocycles. The number of rotatable bonds is 16. The summed E-state index contributed by atoms with van der Waals surface area (Å²) in [5.41, 5.74) is 0. The van der Waals surface area contributed by atoms with Crippen molar-refractivity contribution in [3.63, 3.8) is 0 Å². The molecule has 0 amide bonds. The molecule has 0 saturated heterocycles. The van der Waals surface area contributed by atoms with E-state index in [1.54, 1.807) is 0 Å². The Morgan fingerprint density at radius 3 is 1.25 bits per heavy atom. The SMILES string of the molecule is CC/C=C/CCCCCCCCCCCCCCCC. The van der Waals surface area contributed by atoms with E-state index in [9.17, 15) is 0 Å². The molecule has 0 radical (unpaired) electrons. The molecule has 0 heteroatoms. The molecule has 0 unspecified atom stereocenters. The largest absolute Gasteiger partial charge is 0.0888 e. The fourth-order valence-electron chi connectivity index (χ4n) is 2.74. The topological polar surface area (TPSA) is 0 Å². The van der Waals surface area contributed by atoms with Gasteiger partial charge in [-0.2, -0.15) is 0 Å². The summed E-state index contributed by atoms with van der Waals surface area (Å²) in [7, 11) is 0. The zero-order chi connectivity index (χ0) is 14.7. The van der Waals surface area contributed by atoms with Gasteiger partial charge in [-0.25, -0.2) is 0 Å². The zero-order valence-electron chi connectivity index (χ0n) is 14.5. The number of hydrogen-bond donors (Lipinski definition) is 0. The Balaban J connectivity index is 2.94. The van der Waals surface area contributed by atoms with Crippen molar-refractivity contribution in [3.05, 3.63) is 12.2 Å². The van der Waals surface area contributed by atoms with Gasteiger partial charge in [-0.05, 0) is 19.3 Å². The molecule has 0 nitrogen and oxygen atoms in total. The van der Waals surface area contributed by atoms with Gasteiger partial charge < -0.3 is 0 Å². The number of allylic oxidation sites excluding steroid dienone is 2. The molecule has 0 saturated carbocycles. The lowest BCUT2D eigenvalue weighted by Crippen LogP contribution is -1.83. The lowest BCUT2D eigenvalue weighted by atomic mass is 10.0. The van der Waals surface area contributed by atoms with Crippen LogP contribution in [0.15, 0.2) is 12.2 Å². The molecule has 0 fully saturated rings. The van der Waals surface area contributed by atoms with Crippen LogP contribution in [0.2, 0.25) is 0 Å². The molecule has 0 atom stereocenters. The van der Waals surface area contributed by atoms with Gasteiger partial charge in [0.25, 0.3) is 0 Å². The maximum absolute atomic E-state index is 2.35. The highest BCUT2D eigenvalue weighted by molar-refractivity contribution is 4.79. The molecule has 0 N–H and O–H groups in total. The van der Waals surface area contributed by atoms with Crippen LogP contribution in [0.5, 0.6) is 0 Å². The molecular weight excluding hydrogens is 240 g/mol. The van der Waals surface area contributed by atoms with Gasteiger partial charge in [-0.15, -0.1) is 0 Å². The first-order chi connectivity index (χ1) is 9.91. The molecule has 0 aromatic carbocycles. The van der Waals surface area contributed by atoms with Crippen molar-refractivity contribution in [2.24, 2.45) is 0 Å². The molecular formula is C20H40. The average molecular weight is 281 g/mol. The van der Waals surface area contributed by atoms with E-state index in [-0.39, 0.29) is 0 Å². The molecule has 0 aliphatic carbocycles. The van der Waals surface area contributed by atoms with E-state index in [1.165, 1.54) is 103 Å². The standard InChI is InChI=1S/C20H40/c1-3-5-7-9-11-13-15-17-19-20-18-16-14-12-10-8-6-4-2/h5,7H,3-4,6,8-20H2,1-2H3/b7-5+. The van der Waals surface area contributed by atoms with E-state index >= 15 is 0 Å². The summed E-state index contributed by atoms with van der Waals surface area (Å²) in [5, 5.41) is 0. The minimum atomic E-state index is 1.19. The lowest BCUT2D eigenvalue weighted by Gasteiger charge is -2.02. The van der Waals surface area contributed by atoms with Gasteiger partial charge in [-0.1, -0.05) is 109 Å². The Morgan fingerprint density at radius 2 is 0.850 bits per heavy atom. The van der Waals surface area contributed by atoms with Crippen molar-refractivity contribution in [2.75, 3.05) is 0 Å². The Labute approximate surface area is 129 Å². The van der Waals surface area contributed by atoms with E-state index in [4.69, 9.17) is 0 Å². The Bertz CT molecular complexity index is 180. The quantitative estimate of drug-likeness (QED) is 0.200. The number of hydrogen-bond acceptors (Lipinski definition) is 0. The van der Waals surface area contributed by atoms with Crippen molar-refractivity contribution in [3.8, 4) is 0 Å². The smallest absolute Gasteiger partial charge is 0.0351 e. The highest BCUT2D eigenvalue weighted by atomic mass is 14.0. The zero-order valence-corrected chi connectivity index (χ0v) is 14.5. The van der Waals surface area contributed by atoms with Crippen LogP contribution in [0.3, 0.4) is 0 Å². The first-order valence-corrected chi connectivity index (χ1v) is 9.56. The second-order valence-corrected chi connectivity index (χ2v) is 6.26. The van der Waals surface area contributed by atoms with Gasteiger partial charge in [0.2, 0.25) is 0 Å². The van der Waals surface area contributed by atoms with Crippen molar-refractivity contribution in [1.29, 1.82) is 0 Å². The van der Waals surface area contributed by atoms with Gasteiger partial charge in [0.05, 0.1) is 0 Å². The third-order valence-corrected chi connectivity index (χ3v) is 4.13. The summed E-state index contributed by atoms with van der Waals surface area (Å²) in [6.07, 6.45) is 27.5. The monoisotopic (exact) mass is 280 g/mol. The van der Waals surface area contributed by atoms with E-state index in [1.807, 2.05) is 0 Å². The molecule has 0 aliphatic rings.